The summed E-state index contributed by atoms with van der Waals surface area (Å²) in [5.74, 6) is -0.581. The average Bonchev–Trinajstić information content (AvgIpc) is 2.33. The predicted molar refractivity (Wildman–Crippen MR) is 72.4 cm³/mol. The van der Waals surface area contributed by atoms with Crippen LogP contribution in [0, 0.1) is 0 Å². The third-order valence-corrected chi connectivity index (χ3v) is 3.05. The van der Waals surface area contributed by atoms with Crippen LogP contribution in [0.5, 0.6) is 0 Å². The Bertz CT molecular complexity index is 496. The molecule has 19 heavy (non-hydrogen) atoms. The second kappa shape index (κ2) is 5.80. The van der Waals surface area contributed by atoms with Gasteiger partial charge in [0.05, 0.1) is 7.11 Å². The number of ether oxygens (including phenoxy) is 1. The maximum absolute atomic E-state index is 11.3. The molecule has 1 rings (SSSR count). The molecule has 0 spiro atoms. The Balaban J connectivity index is 3.00. The Labute approximate surface area is 112 Å². The van der Waals surface area contributed by atoms with Gasteiger partial charge in [-0.2, -0.15) is 0 Å². The quantitative estimate of drug-likeness (QED) is 0.479. The molecule has 0 bridgehead atoms. The summed E-state index contributed by atoms with van der Waals surface area (Å²) in [5.41, 5.74) is 0.482. The number of aliphatic hydroxyl groups is 1. The fourth-order valence-electron chi connectivity index (χ4n) is 1.81. The Morgan fingerprint density at radius 2 is 1.84 bits per heavy atom. The minimum absolute atomic E-state index is 0.130. The predicted octanol–water partition coefficient (Wildman–Crippen LogP) is 1.87. The van der Waals surface area contributed by atoms with Crippen molar-refractivity contribution in [3.05, 3.63) is 47.1 Å². The smallest absolute Gasteiger partial charge is 0.330 e. The Morgan fingerprint density at radius 1 is 1.32 bits per heavy atom. The molecule has 0 heterocycles. The average molecular weight is 262 g/mol. The Kier molecular flexibility index (Phi) is 4.62. The lowest BCUT2D eigenvalue weighted by atomic mass is 9.82. The molecule has 1 N–H and O–H groups in total. The van der Waals surface area contributed by atoms with E-state index >= 15 is 0 Å². The largest absolute Gasteiger partial charge is 0.466 e. The van der Waals surface area contributed by atoms with Gasteiger partial charge in [-0.25, -0.2) is 4.79 Å². The van der Waals surface area contributed by atoms with Gasteiger partial charge in [0, 0.05) is 6.08 Å². The second-order valence-electron chi connectivity index (χ2n) is 4.57. The summed E-state index contributed by atoms with van der Waals surface area (Å²) in [6.07, 6.45) is 7.31. The van der Waals surface area contributed by atoms with Crippen LogP contribution in [-0.2, 0) is 14.3 Å². The van der Waals surface area contributed by atoms with E-state index in [0.29, 0.717) is 16.7 Å². The molecule has 102 valence electrons. The third-order valence-electron chi connectivity index (χ3n) is 3.05. The van der Waals surface area contributed by atoms with E-state index in [4.69, 9.17) is 0 Å². The van der Waals surface area contributed by atoms with E-state index in [9.17, 15) is 14.7 Å². The number of esters is 1. The first kappa shape index (κ1) is 15.1. The summed E-state index contributed by atoms with van der Waals surface area (Å²) in [5, 5.41) is 10.5. The standard InChI is InChI=1S/C15H18O4/c1-10(7-14(17)19-4)5-6-15(18)11(2)8-13(16)9-12(15)3/h5-9,18H,1-4H3/b6-5+,10-7-. The summed E-state index contributed by atoms with van der Waals surface area (Å²) in [7, 11) is 1.30. The van der Waals surface area contributed by atoms with Crippen molar-refractivity contribution in [3.63, 3.8) is 0 Å². The van der Waals surface area contributed by atoms with Crippen LogP contribution in [0.4, 0.5) is 0 Å². The van der Waals surface area contributed by atoms with Crippen molar-refractivity contribution in [1.82, 2.24) is 0 Å². The highest BCUT2D eigenvalue weighted by Gasteiger charge is 2.31. The van der Waals surface area contributed by atoms with Crippen molar-refractivity contribution in [3.8, 4) is 0 Å². The Hall–Kier alpha value is -1.94. The fourth-order valence-corrected chi connectivity index (χ4v) is 1.81. The summed E-state index contributed by atoms with van der Waals surface area (Å²) in [6, 6.07) is 0. The zero-order chi connectivity index (χ0) is 14.6. The zero-order valence-corrected chi connectivity index (χ0v) is 11.6. The number of ketones is 1. The van der Waals surface area contributed by atoms with Crippen LogP contribution in [0.2, 0.25) is 0 Å². The molecular formula is C15H18O4. The number of carbonyl (C=O) groups excluding carboxylic acids is 2. The normalized spacial score (nSPS) is 19.2. The summed E-state index contributed by atoms with van der Waals surface area (Å²) in [6.45, 7) is 5.11. The zero-order valence-electron chi connectivity index (χ0n) is 11.6. The van der Waals surface area contributed by atoms with Crippen molar-refractivity contribution < 1.29 is 19.4 Å². The van der Waals surface area contributed by atoms with Crippen LogP contribution < -0.4 is 0 Å². The highest BCUT2D eigenvalue weighted by molar-refractivity contribution is 6.02. The van der Waals surface area contributed by atoms with Crippen LogP contribution in [0.25, 0.3) is 0 Å². The molecule has 0 fully saturated rings. The van der Waals surface area contributed by atoms with Crippen LogP contribution in [-0.4, -0.2) is 29.6 Å². The molecule has 0 saturated heterocycles. The van der Waals surface area contributed by atoms with Crippen molar-refractivity contribution in [2.24, 2.45) is 0 Å². The molecular weight excluding hydrogens is 244 g/mol. The van der Waals surface area contributed by atoms with Gasteiger partial charge in [-0.1, -0.05) is 6.08 Å². The number of hydrogen-bond donors (Lipinski definition) is 1. The minimum Gasteiger partial charge on any atom is -0.466 e. The molecule has 1 aliphatic rings. The van der Waals surface area contributed by atoms with Crippen LogP contribution in [0.15, 0.2) is 47.1 Å². The fraction of sp³-hybridized carbons (Fsp3) is 0.333. The molecule has 0 radical (unpaired) electrons. The third kappa shape index (κ3) is 3.51. The van der Waals surface area contributed by atoms with Gasteiger partial charge in [0.15, 0.2) is 5.78 Å². The highest BCUT2D eigenvalue weighted by Crippen LogP contribution is 2.30. The molecule has 0 saturated carbocycles. The van der Waals surface area contributed by atoms with Gasteiger partial charge in [-0.05, 0) is 55.7 Å². The molecule has 0 aromatic heterocycles. The lowest BCUT2D eigenvalue weighted by molar-refractivity contribution is -0.134. The first-order valence-electron chi connectivity index (χ1n) is 5.89. The van der Waals surface area contributed by atoms with E-state index in [1.807, 2.05) is 0 Å². The first-order valence-corrected chi connectivity index (χ1v) is 5.89. The van der Waals surface area contributed by atoms with E-state index in [1.165, 1.54) is 25.3 Å². The minimum atomic E-state index is -1.28. The number of methoxy groups -OCH3 is 1. The van der Waals surface area contributed by atoms with Gasteiger partial charge in [-0.3, -0.25) is 4.79 Å². The highest BCUT2D eigenvalue weighted by atomic mass is 16.5. The van der Waals surface area contributed by atoms with Gasteiger partial charge >= 0.3 is 5.97 Å². The van der Waals surface area contributed by atoms with Crippen LogP contribution >= 0.6 is 0 Å². The maximum atomic E-state index is 11.3. The molecule has 4 nitrogen and oxygen atoms in total. The van der Waals surface area contributed by atoms with Gasteiger partial charge in [0.25, 0.3) is 0 Å². The van der Waals surface area contributed by atoms with Gasteiger partial charge in [0.1, 0.15) is 5.60 Å². The van der Waals surface area contributed by atoms with Crippen molar-refractivity contribution in [2.45, 2.75) is 26.4 Å². The number of rotatable bonds is 3. The molecule has 0 aromatic rings. The SMILES string of the molecule is COC(=O)/C=C(C)\C=C\C1(O)C(C)=CC(=O)C=C1C. The van der Waals surface area contributed by atoms with E-state index < -0.39 is 11.6 Å². The number of carbonyl (C=O) groups is 2. The lowest BCUT2D eigenvalue weighted by Gasteiger charge is -2.29. The molecule has 0 aromatic carbocycles. The molecule has 0 unspecified atom stereocenters. The van der Waals surface area contributed by atoms with Gasteiger partial charge < -0.3 is 9.84 Å². The molecule has 0 amide bonds. The van der Waals surface area contributed by atoms with E-state index in [0.717, 1.165) is 0 Å². The number of allylic oxidation sites excluding steroid dienone is 4. The first-order chi connectivity index (χ1) is 8.79. The van der Waals surface area contributed by atoms with Crippen molar-refractivity contribution >= 4 is 11.8 Å². The lowest BCUT2D eigenvalue weighted by Crippen LogP contribution is -2.32. The molecule has 0 aliphatic heterocycles. The Morgan fingerprint density at radius 3 is 2.32 bits per heavy atom. The van der Waals surface area contributed by atoms with E-state index in [1.54, 1.807) is 32.9 Å². The van der Waals surface area contributed by atoms with Crippen molar-refractivity contribution in [2.75, 3.05) is 7.11 Å². The van der Waals surface area contributed by atoms with E-state index in [-0.39, 0.29) is 5.78 Å². The summed E-state index contributed by atoms with van der Waals surface area (Å²) in [4.78, 5) is 22.4. The van der Waals surface area contributed by atoms with Gasteiger partial charge in [0.2, 0.25) is 0 Å². The van der Waals surface area contributed by atoms with Crippen molar-refractivity contribution in [1.29, 1.82) is 0 Å². The van der Waals surface area contributed by atoms with E-state index in [2.05, 4.69) is 4.74 Å². The van der Waals surface area contributed by atoms with Crippen LogP contribution in [0.3, 0.4) is 0 Å². The molecule has 0 atom stereocenters. The number of hydrogen-bond acceptors (Lipinski definition) is 4. The maximum Gasteiger partial charge on any atom is 0.330 e. The topological polar surface area (TPSA) is 63.6 Å². The monoisotopic (exact) mass is 262 g/mol. The molecule has 1 aliphatic carbocycles. The van der Waals surface area contributed by atoms with Gasteiger partial charge in [-0.15, -0.1) is 0 Å². The molecule has 4 heteroatoms. The summed E-state index contributed by atoms with van der Waals surface area (Å²) < 4.78 is 4.51. The second-order valence-corrected chi connectivity index (χ2v) is 4.57. The van der Waals surface area contributed by atoms with Crippen LogP contribution in [0.1, 0.15) is 20.8 Å². The summed E-state index contributed by atoms with van der Waals surface area (Å²) >= 11 is 0.